The van der Waals surface area contributed by atoms with Gasteiger partial charge in [-0.15, -0.1) is 0 Å². The van der Waals surface area contributed by atoms with Crippen molar-refractivity contribution in [3.05, 3.63) is 34.2 Å². The maximum Gasteiger partial charge on any atom is 0.326 e. The van der Waals surface area contributed by atoms with E-state index in [1.54, 1.807) is 0 Å². The van der Waals surface area contributed by atoms with Gasteiger partial charge in [0.25, 0.3) is 0 Å². The predicted octanol–water partition coefficient (Wildman–Crippen LogP) is 1.28. The van der Waals surface area contributed by atoms with Crippen molar-refractivity contribution in [3.63, 3.8) is 0 Å². The number of benzene rings is 1. The third-order valence-corrected chi connectivity index (χ3v) is 2.70. The number of nitrogens with one attached hydrogen (secondary N) is 1. The van der Waals surface area contributed by atoms with Crippen LogP contribution in [0.5, 0.6) is 0 Å². The number of aromatic nitrogens is 2. The van der Waals surface area contributed by atoms with E-state index < -0.39 is 0 Å². The van der Waals surface area contributed by atoms with Gasteiger partial charge in [-0.2, -0.15) is 0 Å². The predicted molar refractivity (Wildman–Crippen MR) is 50.9 cm³/mol. The molecular formula is C10H10N2O. The van der Waals surface area contributed by atoms with Gasteiger partial charge in [0.05, 0.1) is 11.0 Å². The molecule has 0 radical (unpaired) electrons. The van der Waals surface area contributed by atoms with Gasteiger partial charge >= 0.3 is 5.69 Å². The molecular weight excluding hydrogens is 164 g/mol. The first kappa shape index (κ1) is 6.95. The van der Waals surface area contributed by atoms with Crippen molar-refractivity contribution >= 4 is 11.0 Å². The highest BCUT2D eigenvalue weighted by Crippen LogP contribution is 2.21. The Morgan fingerprint density at radius 2 is 2.31 bits per heavy atom. The van der Waals surface area contributed by atoms with Gasteiger partial charge in [0.2, 0.25) is 0 Å². The van der Waals surface area contributed by atoms with E-state index >= 15 is 0 Å². The number of rotatable bonds is 0. The second kappa shape index (κ2) is 2.25. The largest absolute Gasteiger partial charge is 0.326 e. The molecule has 1 N–H and O–H groups in total. The summed E-state index contributed by atoms with van der Waals surface area (Å²) in [6, 6.07) is 6.07. The zero-order chi connectivity index (χ0) is 8.84. The first-order chi connectivity index (χ1) is 6.36. The van der Waals surface area contributed by atoms with Crippen molar-refractivity contribution in [2.45, 2.75) is 19.4 Å². The molecule has 13 heavy (non-hydrogen) atoms. The second-order valence-corrected chi connectivity index (χ2v) is 3.50. The van der Waals surface area contributed by atoms with Gasteiger partial charge in [-0.25, -0.2) is 4.79 Å². The molecule has 0 atom stereocenters. The second-order valence-electron chi connectivity index (χ2n) is 3.50. The molecule has 0 saturated heterocycles. The summed E-state index contributed by atoms with van der Waals surface area (Å²) >= 11 is 0. The minimum Gasteiger partial charge on any atom is -0.306 e. The quantitative estimate of drug-likeness (QED) is 0.641. The molecule has 3 heteroatoms. The van der Waals surface area contributed by atoms with Gasteiger partial charge in [-0.1, -0.05) is 12.1 Å². The third-order valence-electron chi connectivity index (χ3n) is 2.70. The molecule has 0 fully saturated rings. The van der Waals surface area contributed by atoms with Crippen molar-refractivity contribution in [2.75, 3.05) is 0 Å². The molecule has 2 aromatic rings. The molecule has 0 unspecified atom stereocenters. The highest BCUT2D eigenvalue weighted by molar-refractivity contribution is 5.79. The topological polar surface area (TPSA) is 37.8 Å². The maximum atomic E-state index is 11.5. The van der Waals surface area contributed by atoms with Crippen LogP contribution in [-0.4, -0.2) is 9.55 Å². The van der Waals surface area contributed by atoms with E-state index in [4.69, 9.17) is 0 Å². The molecule has 1 aliphatic heterocycles. The van der Waals surface area contributed by atoms with Crippen LogP contribution in [0.4, 0.5) is 0 Å². The monoisotopic (exact) mass is 174 g/mol. The van der Waals surface area contributed by atoms with Crippen LogP contribution >= 0.6 is 0 Å². The Morgan fingerprint density at radius 3 is 3.23 bits per heavy atom. The summed E-state index contributed by atoms with van der Waals surface area (Å²) in [5.41, 5.74) is 3.41. The van der Waals surface area contributed by atoms with Gasteiger partial charge in [-0.05, 0) is 24.5 Å². The number of nitrogens with zero attached hydrogens (tertiary/aromatic N) is 1. The van der Waals surface area contributed by atoms with E-state index in [9.17, 15) is 4.79 Å². The lowest BCUT2D eigenvalue weighted by molar-refractivity contribution is 0.615. The fourth-order valence-electron chi connectivity index (χ4n) is 2.14. The Kier molecular flexibility index (Phi) is 1.20. The van der Waals surface area contributed by atoms with Crippen molar-refractivity contribution in [2.24, 2.45) is 0 Å². The number of aromatic amines is 1. The summed E-state index contributed by atoms with van der Waals surface area (Å²) in [6.45, 7) is 0.857. The summed E-state index contributed by atoms with van der Waals surface area (Å²) in [5.74, 6) is 0. The first-order valence-corrected chi connectivity index (χ1v) is 4.57. The van der Waals surface area contributed by atoms with Crippen LogP contribution in [-0.2, 0) is 13.0 Å². The maximum absolute atomic E-state index is 11.5. The van der Waals surface area contributed by atoms with Crippen LogP contribution in [0, 0.1) is 0 Å². The molecule has 1 aromatic carbocycles. The lowest BCUT2D eigenvalue weighted by Gasteiger charge is -2.12. The summed E-state index contributed by atoms with van der Waals surface area (Å²) in [6.07, 6.45) is 2.17. The molecule has 0 amide bonds. The average Bonchev–Trinajstić information content (AvgIpc) is 2.47. The number of imidazole rings is 1. The number of hydrogen-bond donors (Lipinski definition) is 1. The minimum atomic E-state index is 0.0298. The van der Waals surface area contributed by atoms with Gasteiger partial charge in [0, 0.05) is 6.54 Å². The molecule has 0 spiro atoms. The lowest BCUT2D eigenvalue weighted by Crippen LogP contribution is -2.19. The fraction of sp³-hybridized carbons (Fsp3) is 0.300. The van der Waals surface area contributed by atoms with Crippen LogP contribution in [0.15, 0.2) is 23.0 Å². The SMILES string of the molecule is O=c1[nH]c2cccc3c2n1CCC3. The Balaban J connectivity index is 2.58. The molecule has 1 aliphatic rings. The smallest absolute Gasteiger partial charge is 0.306 e. The van der Waals surface area contributed by atoms with Gasteiger partial charge < -0.3 is 4.98 Å². The van der Waals surface area contributed by atoms with E-state index in [0.717, 1.165) is 30.4 Å². The molecule has 0 saturated carbocycles. The number of hydrogen-bond acceptors (Lipinski definition) is 1. The summed E-state index contributed by atoms with van der Waals surface area (Å²) in [5, 5.41) is 0. The molecule has 66 valence electrons. The standard InChI is InChI=1S/C10H10N2O/c13-10-11-8-5-1-3-7-4-2-6-12(10)9(7)8/h1,3,5H,2,4,6H2,(H,11,13). The van der Waals surface area contributed by atoms with Crippen LogP contribution < -0.4 is 5.69 Å². The Labute approximate surface area is 75.0 Å². The lowest BCUT2D eigenvalue weighted by atomic mass is 10.1. The highest BCUT2D eigenvalue weighted by Gasteiger charge is 2.14. The fourth-order valence-corrected chi connectivity index (χ4v) is 2.14. The van der Waals surface area contributed by atoms with E-state index in [-0.39, 0.29) is 5.69 Å². The Hall–Kier alpha value is -1.51. The number of para-hydroxylation sites is 1. The minimum absolute atomic E-state index is 0.0298. The molecule has 2 heterocycles. The van der Waals surface area contributed by atoms with Gasteiger partial charge in [0.1, 0.15) is 0 Å². The Morgan fingerprint density at radius 1 is 1.38 bits per heavy atom. The number of aryl methyl sites for hydroxylation is 2. The van der Waals surface area contributed by atoms with Crippen molar-refractivity contribution in [3.8, 4) is 0 Å². The van der Waals surface area contributed by atoms with Crippen LogP contribution in [0.2, 0.25) is 0 Å². The van der Waals surface area contributed by atoms with Crippen LogP contribution in [0.25, 0.3) is 11.0 Å². The first-order valence-electron chi connectivity index (χ1n) is 4.57. The summed E-state index contributed by atoms with van der Waals surface area (Å²) in [7, 11) is 0. The molecule has 0 bridgehead atoms. The third kappa shape index (κ3) is 0.813. The van der Waals surface area contributed by atoms with Gasteiger partial charge in [0.15, 0.2) is 0 Å². The molecule has 3 nitrogen and oxygen atoms in total. The van der Waals surface area contributed by atoms with Crippen LogP contribution in [0.1, 0.15) is 12.0 Å². The van der Waals surface area contributed by atoms with Crippen molar-refractivity contribution in [1.29, 1.82) is 0 Å². The van der Waals surface area contributed by atoms with E-state index in [1.165, 1.54) is 5.56 Å². The van der Waals surface area contributed by atoms with Crippen molar-refractivity contribution < 1.29 is 0 Å². The van der Waals surface area contributed by atoms with Crippen molar-refractivity contribution in [1.82, 2.24) is 9.55 Å². The molecule has 3 rings (SSSR count). The highest BCUT2D eigenvalue weighted by atomic mass is 16.1. The molecule has 1 aromatic heterocycles. The van der Waals surface area contributed by atoms with Crippen LogP contribution in [0.3, 0.4) is 0 Å². The normalized spacial score (nSPS) is 15.1. The Bertz CT molecular complexity index is 521. The number of H-pyrrole nitrogens is 1. The average molecular weight is 174 g/mol. The zero-order valence-corrected chi connectivity index (χ0v) is 7.21. The van der Waals surface area contributed by atoms with E-state index in [2.05, 4.69) is 11.1 Å². The summed E-state index contributed by atoms with van der Waals surface area (Å²) in [4.78, 5) is 14.3. The zero-order valence-electron chi connectivity index (χ0n) is 7.21. The summed E-state index contributed by atoms with van der Waals surface area (Å²) < 4.78 is 1.84. The van der Waals surface area contributed by atoms with E-state index in [0.29, 0.717) is 0 Å². The molecule has 0 aliphatic carbocycles. The van der Waals surface area contributed by atoms with E-state index in [1.807, 2.05) is 16.7 Å². The van der Waals surface area contributed by atoms with Gasteiger partial charge in [-0.3, -0.25) is 4.57 Å².